The van der Waals surface area contributed by atoms with Gasteiger partial charge in [-0.1, -0.05) is 0 Å². The molecule has 0 aliphatic heterocycles. The van der Waals surface area contributed by atoms with Crippen LogP contribution in [0, 0.1) is 0 Å². The Bertz CT molecular complexity index is 196. The highest BCUT2D eigenvalue weighted by Gasteiger charge is 2.14. The first-order valence-electron chi connectivity index (χ1n) is 4.00. The van der Waals surface area contributed by atoms with Gasteiger partial charge in [0.15, 0.2) is 6.61 Å². The Hall–Kier alpha value is -1.26. The Morgan fingerprint density at radius 3 is 2.23 bits per heavy atom. The Labute approximate surface area is 77.8 Å². The quantitative estimate of drug-likeness (QED) is 0.653. The second-order valence-electron chi connectivity index (χ2n) is 3.62. The lowest BCUT2D eigenvalue weighted by atomic mass is 10.1. The van der Waals surface area contributed by atoms with Crippen molar-refractivity contribution in [2.45, 2.75) is 26.3 Å². The van der Waals surface area contributed by atoms with Crippen molar-refractivity contribution in [1.29, 1.82) is 0 Å². The maximum atomic E-state index is 11.1. The molecule has 0 spiro atoms. The van der Waals surface area contributed by atoms with Gasteiger partial charge in [0.1, 0.15) is 0 Å². The van der Waals surface area contributed by atoms with Gasteiger partial charge in [0, 0.05) is 12.6 Å². The third-order valence-corrected chi connectivity index (χ3v) is 1.05. The van der Waals surface area contributed by atoms with E-state index in [1.807, 2.05) is 20.8 Å². The monoisotopic (exact) mass is 188 g/mol. The predicted octanol–water partition coefficient (Wildman–Crippen LogP) is 0.257. The smallest absolute Gasteiger partial charge is 0.407 e. The first kappa shape index (κ1) is 11.7. The Morgan fingerprint density at radius 1 is 1.31 bits per heavy atom. The average Bonchev–Trinajstić information content (AvgIpc) is 1.97. The molecular formula is C8H16N2O3. The van der Waals surface area contributed by atoms with Crippen LogP contribution in [0.15, 0.2) is 0 Å². The van der Waals surface area contributed by atoms with Crippen molar-refractivity contribution in [2.75, 3.05) is 13.7 Å². The van der Waals surface area contributed by atoms with Gasteiger partial charge in [-0.2, -0.15) is 0 Å². The van der Waals surface area contributed by atoms with Gasteiger partial charge >= 0.3 is 6.09 Å². The van der Waals surface area contributed by atoms with Crippen molar-refractivity contribution in [3.05, 3.63) is 0 Å². The van der Waals surface area contributed by atoms with Crippen molar-refractivity contribution >= 4 is 12.0 Å². The molecule has 0 unspecified atom stereocenters. The fourth-order valence-electron chi connectivity index (χ4n) is 0.658. The van der Waals surface area contributed by atoms with Crippen LogP contribution in [0.25, 0.3) is 0 Å². The maximum Gasteiger partial charge on any atom is 0.407 e. The fraction of sp³-hybridized carbons (Fsp3) is 0.750. The zero-order valence-electron chi connectivity index (χ0n) is 8.43. The van der Waals surface area contributed by atoms with E-state index >= 15 is 0 Å². The molecule has 0 atom stereocenters. The van der Waals surface area contributed by atoms with E-state index < -0.39 is 6.09 Å². The lowest BCUT2D eigenvalue weighted by Crippen LogP contribution is -2.43. The number of carbonyl (C=O) groups excluding carboxylic acids is 2. The maximum absolute atomic E-state index is 11.1. The molecule has 0 aliphatic carbocycles. The van der Waals surface area contributed by atoms with Gasteiger partial charge in [-0.25, -0.2) is 4.79 Å². The molecule has 0 aliphatic rings. The van der Waals surface area contributed by atoms with E-state index in [1.54, 1.807) is 0 Å². The number of alkyl carbamates (subject to hydrolysis) is 1. The van der Waals surface area contributed by atoms with E-state index in [2.05, 4.69) is 15.4 Å². The molecule has 0 aromatic heterocycles. The van der Waals surface area contributed by atoms with Gasteiger partial charge in [-0.15, -0.1) is 0 Å². The summed E-state index contributed by atoms with van der Waals surface area (Å²) in [5.41, 5.74) is -0.302. The van der Waals surface area contributed by atoms with E-state index in [1.165, 1.54) is 7.05 Å². The number of rotatable bonds is 2. The molecule has 0 aromatic carbocycles. The molecule has 0 bridgehead atoms. The second-order valence-corrected chi connectivity index (χ2v) is 3.62. The van der Waals surface area contributed by atoms with E-state index in [9.17, 15) is 9.59 Å². The van der Waals surface area contributed by atoms with Crippen molar-refractivity contribution in [3.8, 4) is 0 Å². The molecule has 5 nitrogen and oxygen atoms in total. The van der Waals surface area contributed by atoms with E-state index in [0.717, 1.165) is 0 Å². The number of ether oxygens (including phenoxy) is 1. The molecule has 0 saturated carbocycles. The highest BCUT2D eigenvalue weighted by Crippen LogP contribution is 1.97. The molecule has 0 aromatic rings. The number of nitrogens with one attached hydrogen (secondary N) is 2. The van der Waals surface area contributed by atoms with Crippen molar-refractivity contribution < 1.29 is 14.3 Å². The predicted molar refractivity (Wildman–Crippen MR) is 48.3 cm³/mol. The fourth-order valence-corrected chi connectivity index (χ4v) is 0.658. The first-order valence-corrected chi connectivity index (χ1v) is 4.00. The molecular weight excluding hydrogens is 172 g/mol. The number of hydrogen-bond acceptors (Lipinski definition) is 3. The summed E-state index contributed by atoms with van der Waals surface area (Å²) in [4.78, 5) is 21.6. The lowest BCUT2D eigenvalue weighted by Gasteiger charge is -2.20. The van der Waals surface area contributed by atoms with Gasteiger partial charge in [-0.05, 0) is 20.8 Å². The van der Waals surface area contributed by atoms with Gasteiger partial charge in [0.05, 0.1) is 0 Å². The molecule has 2 amide bonds. The van der Waals surface area contributed by atoms with Crippen LogP contribution < -0.4 is 10.6 Å². The Morgan fingerprint density at radius 2 is 1.85 bits per heavy atom. The summed E-state index contributed by atoms with van der Waals surface area (Å²) >= 11 is 0. The van der Waals surface area contributed by atoms with Gasteiger partial charge in [0.2, 0.25) is 0 Å². The third kappa shape index (κ3) is 7.11. The summed E-state index contributed by atoms with van der Waals surface area (Å²) in [7, 11) is 1.43. The van der Waals surface area contributed by atoms with Crippen LogP contribution in [0.3, 0.4) is 0 Å². The van der Waals surface area contributed by atoms with E-state index in [-0.39, 0.29) is 18.1 Å². The minimum atomic E-state index is -0.607. The standard InChI is InChI=1S/C8H16N2O3/c1-8(2,3)10-6(11)5-13-7(12)9-4/h5H2,1-4H3,(H,9,12)(H,10,11). The Kier molecular flexibility index (Phi) is 4.23. The van der Waals surface area contributed by atoms with Crippen LogP contribution in [-0.4, -0.2) is 31.2 Å². The lowest BCUT2D eigenvalue weighted by molar-refractivity contribution is -0.125. The summed E-state index contributed by atoms with van der Waals surface area (Å²) in [6, 6.07) is 0. The number of hydrogen-bond donors (Lipinski definition) is 2. The molecule has 2 N–H and O–H groups in total. The number of amides is 2. The highest BCUT2D eigenvalue weighted by atomic mass is 16.6. The zero-order valence-corrected chi connectivity index (χ0v) is 8.43. The van der Waals surface area contributed by atoms with Gasteiger partial charge < -0.3 is 15.4 Å². The molecule has 0 heterocycles. The van der Waals surface area contributed by atoms with Crippen LogP contribution in [0.4, 0.5) is 4.79 Å². The number of carbonyl (C=O) groups is 2. The third-order valence-electron chi connectivity index (χ3n) is 1.05. The zero-order chi connectivity index (χ0) is 10.5. The molecule has 0 rings (SSSR count). The SMILES string of the molecule is CNC(=O)OCC(=O)NC(C)(C)C. The van der Waals surface area contributed by atoms with Gasteiger partial charge in [-0.3, -0.25) is 4.79 Å². The van der Waals surface area contributed by atoms with Crippen molar-refractivity contribution in [3.63, 3.8) is 0 Å². The normalized spacial score (nSPS) is 10.5. The van der Waals surface area contributed by atoms with Crippen molar-refractivity contribution in [1.82, 2.24) is 10.6 Å². The molecule has 13 heavy (non-hydrogen) atoms. The molecule has 0 fully saturated rings. The van der Waals surface area contributed by atoms with E-state index in [0.29, 0.717) is 0 Å². The van der Waals surface area contributed by atoms with Crippen molar-refractivity contribution in [2.24, 2.45) is 0 Å². The van der Waals surface area contributed by atoms with Crippen LogP contribution in [0.2, 0.25) is 0 Å². The molecule has 0 saturated heterocycles. The molecule has 76 valence electrons. The highest BCUT2D eigenvalue weighted by molar-refractivity contribution is 5.80. The summed E-state index contributed by atoms with van der Waals surface area (Å²) in [6.45, 7) is 5.30. The summed E-state index contributed by atoms with van der Waals surface area (Å²) in [6.07, 6.45) is -0.607. The van der Waals surface area contributed by atoms with Crippen LogP contribution in [0.1, 0.15) is 20.8 Å². The summed E-state index contributed by atoms with van der Waals surface area (Å²) < 4.78 is 4.54. The summed E-state index contributed by atoms with van der Waals surface area (Å²) in [5.74, 6) is -0.309. The second kappa shape index (κ2) is 4.69. The van der Waals surface area contributed by atoms with Gasteiger partial charge in [0.25, 0.3) is 5.91 Å². The van der Waals surface area contributed by atoms with E-state index in [4.69, 9.17) is 0 Å². The first-order chi connectivity index (χ1) is 5.85. The molecule has 0 radical (unpaired) electrons. The molecule has 5 heteroatoms. The topological polar surface area (TPSA) is 67.4 Å². The average molecular weight is 188 g/mol. The van der Waals surface area contributed by atoms with Crippen LogP contribution in [-0.2, 0) is 9.53 Å². The minimum absolute atomic E-state index is 0.253. The largest absolute Gasteiger partial charge is 0.439 e. The minimum Gasteiger partial charge on any atom is -0.439 e. The van der Waals surface area contributed by atoms with Crippen LogP contribution >= 0.6 is 0 Å². The summed E-state index contributed by atoms with van der Waals surface area (Å²) in [5, 5.41) is 4.90. The van der Waals surface area contributed by atoms with Crippen LogP contribution in [0.5, 0.6) is 0 Å². The Balaban J connectivity index is 3.71.